The quantitative estimate of drug-likeness (QED) is 0.355. The van der Waals surface area contributed by atoms with Crippen molar-refractivity contribution in [3.05, 3.63) is 65.5 Å². The van der Waals surface area contributed by atoms with E-state index >= 15 is 0 Å². The number of hydrogen-bond acceptors (Lipinski definition) is 6. The van der Waals surface area contributed by atoms with E-state index < -0.39 is 0 Å². The predicted molar refractivity (Wildman–Crippen MR) is 115 cm³/mol. The number of nitrogen functional groups attached to an aromatic ring is 1. The summed E-state index contributed by atoms with van der Waals surface area (Å²) >= 11 is 0. The second-order valence-corrected chi connectivity index (χ2v) is 7.11. The van der Waals surface area contributed by atoms with Crippen LogP contribution in [-0.2, 0) is 0 Å². The zero-order chi connectivity index (χ0) is 21.4. The molecular weight excluding hydrogens is 382 g/mol. The first-order chi connectivity index (χ1) is 14.3. The second kappa shape index (κ2) is 7.36. The van der Waals surface area contributed by atoms with Gasteiger partial charge in [0, 0.05) is 25.3 Å². The summed E-state index contributed by atoms with van der Waals surface area (Å²) in [6, 6.07) is 14.2. The highest BCUT2D eigenvalue weighted by atomic mass is 16.5. The van der Waals surface area contributed by atoms with Gasteiger partial charge in [0.05, 0.1) is 16.8 Å². The van der Waals surface area contributed by atoms with Gasteiger partial charge in [0.15, 0.2) is 11.4 Å². The number of hydrogen-bond donors (Lipinski definition) is 3. The third-order valence-electron chi connectivity index (χ3n) is 4.65. The first-order valence-electron chi connectivity index (χ1n) is 9.23. The van der Waals surface area contributed by atoms with E-state index in [1.807, 2.05) is 21.0 Å². The summed E-state index contributed by atoms with van der Waals surface area (Å²) in [5.74, 6) is 0.375. The van der Waals surface area contributed by atoms with Crippen molar-refractivity contribution in [2.45, 2.75) is 6.92 Å². The highest BCUT2D eigenvalue weighted by molar-refractivity contribution is 6.04. The minimum atomic E-state index is -0.301. The van der Waals surface area contributed by atoms with Crippen molar-refractivity contribution in [1.29, 1.82) is 5.41 Å². The molecule has 9 heteroatoms. The first-order valence-corrected chi connectivity index (χ1v) is 9.23. The molecule has 4 rings (SSSR count). The molecule has 0 fully saturated rings. The number of aryl methyl sites for hydroxylation is 1. The van der Waals surface area contributed by atoms with Crippen molar-refractivity contribution >= 4 is 34.2 Å². The van der Waals surface area contributed by atoms with Crippen LogP contribution in [0.2, 0.25) is 0 Å². The van der Waals surface area contributed by atoms with Crippen LogP contribution < -0.4 is 11.1 Å². The Kier molecular flexibility index (Phi) is 4.71. The van der Waals surface area contributed by atoms with E-state index in [-0.39, 0.29) is 11.7 Å². The number of aromatic nitrogens is 3. The van der Waals surface area contributed by atoms with Crippen molar-refractivity contribution in [2.24, 2.45) is 0 Å². The number of nitrogens with zero attached hydrogens (tertiary/aromatic N) is 4. The van der Waals surface area contributed by atoms with E-state index in [0.717, 1.165) is 5.56 Å². The van der Waals surface area contributed by atoms with Crippen LogP contribution in [0, 0.1) is 12.3 Å². The van der Waals surface area contributed by atoms with Crippen LogP contribution >= 0.6 is 0 Å². The minimum absolute atomic E-state index is 0.283. The molecule has 0 radical (unpaired) electrons. The van der Waals surface area contributed by atoms with Crippen LogP contribution in [0.3, 0.4) is 0 Å². The Hall–Kier alpha value is -4.14. The average molecular weight is 403 g/mol. The van der Waals surface area contributed by atoms with Crippen molar-refractivity contribution in [3.8, 4) is 5.69 Å². The van der Waals surface area contributed by atoms with Gasteiger partial charge < -0.3 is 20.5 Å². The maximum absolute atomic E-state index is 13.0. The van der Waals surface area contributed by atoms with E-state index in [1.54, 1.807) is 58.1 Å². The molecule has 0 unspecified atom stereocenters. The number of rotatable bonds is 4. The number of amides is 1. The molecule has 2 heterocycles. The fourth-order valence-corrected chi connectivity index (χ4v) is 3.10. The molecule has 1 amide bonds. The Labute approximate surface area is 172 Å². The van der Waals surface area contributed by atoms with Crippen molar-refractivity contribution in [1.82, 2.24) is 19.8 Å². The van der Waals surface area contributed by atoms with Gasteiger partial charge in [0.2, 0.25) is 0 Å². The lowest BCUT2D eigenvalue weighted by molar-refractivity contribution is 0.101. The van der Waals surface area contributed by atoms with Crippen LogP contribution in [0.5, 0.6) is 0 Å². The van der Waals surface area contributed by atoms with E-state index in [2.05, 4.69) is 15.6 Å². The Morgan fingerprint density at radius 2 is 1.90 bits per heavy atom. The van der Waals surface area contributed by atoms with Gasteiger partial charge in [-0.3, -0.25) is 10.2 Å². The largest absolute Gasteiger partial charge is 0.380 e. The number of benzene rings is 2. The molecule has 4 N–H and O–H groups in total. The SMILES string of the molecule is Cc1cc(C(=O)Nc2ccc(C(=N)N(C)C)cc2)n(-c2ccc3onc(N)c3c2)n1. The highest BCUT2D eigenvalue weighted by Gasteiger charge is 2.17. The molecule has 30 heavy (non-hydrogen) atoms. The number of carbonyl (C=O) groups excluding carboxylic acids is 1. The molecule has 152 valence electrons. The standard InChI is InChI=1S/C21H21N7O2/c1-12-10-17(21(29)24-14-6-4-13(5-7-14)20(23)27(2)3)28(25-12)15-8-9-18-16(11-15)19(22)26-30-18/h4-11,23H,1-3H3,(H2,22,26)(H,24,29). The third kappa shape index (κ3) is 3.48. The third-order valence-corrected chi connectivity index (χ3v) is 4.65. The Bertz CT molecular complexity index is 1250. The molecular formula is C21H21N7O2. The van der Waals surface area contributed by atoms with Gasteiger partial charge >= 0.3 is 0 Å². The monoisotopic (exact) mass is 403 g/mol. The van der Waals surface area contributed by atoms with Gasteiger partial charge in [-0.15, -0.1) is 0 Å². The van der Waals surface area contributed by atoms with Crippen LogP contribution in [0.15, 0.2) is 53.1 Å². The maximum Gasteiger partial charge on any atom is 0.274 e. The number of amidine groups is 1. The van der Waals surface area contributed by atoms with E-state index in [4.69, 9.17) is 15.7 Å². The predicted octanol–water partition coefficient (Wildman–Crippen LogP) is 3.04. The second-order valence-electron chi connectivity index (χ2n) is 7.11. The summed E-state index contributed by atoms with van der Waals surface area (Å²) in [5, 5.41) is 19.8. The molecule has 0 atom stereocenters. The van der Waals surface area contributed by atoms with Crippen molar-refractivity contribution in [2.75, 3.05) is 25.1 Å². The molecule has 0 aliphatic carbocycles. The summed E-state index contributed by atoms with van der Waals surface area (Å²) in [6.45, 7) is 1.82. The van der Waals surface area contributed by atoms with Crippen LogP contribution in [0.1, 0.15) is 21.7 Å². The topological polar surface area (TPSA) is 126 Å². The number of nitrogens with one attached hydrogen (secondary N) is 2. The average Bonchev–Trinajstić information content (AvgIpc) is 3.30. The zero-order valence-electron chi connectivity index (χ0n) is 16.8. The fourth-order valence-electron chi connectivity index (χ4n) is 3.10. The van der Waals surface area contributed by atoms with Crippen LogP contribution in [0.25, 0.3) is 16.7 Å². The molecule has 4 aromatic rings. The summed E-state index contributed by atoms with van der Waals surface area (Å²) < 4.78 is 6.70. The van der Waals surface area contributed by atoms with Gasteiger partial charge in [0.25, 0.3) is 5.91 Å². The molecule has 0 saturated heterocycles. The van der Waals surface area contributed by atoms with E-state index in [1.165, 1.54) is 0 Å². The lowest BCUT2D eigenvalue weighted by Crippen LogP contribution is -2.21. The van der Waals surface area contributed by atoms with Crippen molar-refractivity contribution in [3.63, 3.8) is 0 Å². The summed E-state index contributed by atoms with van der Waals surface area (Å²) in [6.07, 6.45) is 0. The van der Waals surface area contributed by atoms with Gasteiger partial charge in [0.1, 0.15) is 11.5 Å². The van der Waals surface area contributed by atoms with E-state index in [9.17, 15) is 4.79 Å². The molecule has 0 spiro atoms. The summed E-state index contributed by atoms with van der Waals surface area (Å²) in [5.41, 5.74) is 9.56. The number of fused-ring (bicyclic) bond motifs is 1. The molecule has 0 saturated carbocycles. The van der Waals surface area contributed by atoms with Gasteiger partial charge in [-0.2, -0.15) is 5.10 Å². The van der Waals surface area contributed by atoms with Gasteiger partial charge in [-0.25, -0.2) is 4.68 Å². The Morgan fingerprint density at radius 1 is 1.17 bits per heavy atom. The van der Waals surface area contributed by atoms with Gasteiger partial charge in [-0.05, 0) is 55.5 Å². The summed E-state index contributed by atoms with van der Waals surface area (Å²) in [4.78, 5) is 14.7. The lowest BCUT2D eigenvalue weighted by atomic mass is 10.1. The Balaban J connectivity index is 1.62. The molecule has 0 bridgehead atoms. The molecule has 0 aliphatic heterocycles. The minimum Gasteiger partial charge on any atom is -0.380 e. The summed E-state index contributed by atoms with van der Waals surface area (Å²) in [7, 11) is 3.62. The normalized spacial score (nSPS) is 10.9. The zero-order valence-corrected chi connectivity index (χ0v) is 16.8. The van der Waals surface area contributed by atoms with Gasteiger partial charge in [-0.1, -0.05) is 5.16 Å². The van der Waals surface area contributed by atoms with Crippen LogP contribution in [-0.4, -0.2) is 45.7 Å². The lowest BCUT2D eigenvalue weighted by Gasteiger charge is -2.14. The molecule has 2 aromatic heterocycles. The number of carbonyl (C=O) groups is 1. The number of anilines is 2. The van der Waals surface area contributed by atoms with E-state index in [0.29, 0.717) is 39.6 Å². The first kappa shape index (κ1) is 19.2. The van der Waals surface area contributed by atoms with Crippen LogP contribution in [0.4, 0.5) is 11.5 Å². The fraction of sp³-hybridized carbons (Fsp3) is 0.143. The highest BCUT2D eigenvalue weighted by Crippen LogP contribution is 2.24. The molecule has 2 aromatic carbocycles. The Morgan fingerprint density at radius 3 is 2.60 bits per heavy atom. The molecule has 0 aliphatic rings. The smallest absolute Gasteiger partial charge is 0.274 e. The molecule has 9 nitrogen and oxygen atoms in total. The van der Waals surface area contributed by atoms with Crippen molar-refractivity contribution < 1.29 is 9.32 Å². The number of nitrogens with two attached hydrogens (primary N) is 1. The maximum atomic E-state index is 13.0.